The van der Waals surface area contributed by atoms with E-state index in [4.69, 9.17) is 9.84 Å². The Kier molecular flexibility index (Phi) is 7.83. The highest BCUT2D eigenvalue weighted by atomic mass is 19.4. The predicted molar refractivity (Wildman–Crippen MR) is 118 cm³/mol. The molecule has 0 aliphatic heterocycles. The number of benzene rings is 3. The number of hydrogen-bond donors (Lipinski definition) is 1. The summed E-state index contributed by atoms with van der Waals surface area (Å²) in [6.45, 7) is 6.30. The number of nitro benzene ring substituents is 2. The highest BCUT2D eigenvalue weighted by Crippen LogP contribution is 2.34. The maximum absolute atomic E-state index is 12.6. The molecule has 180 valence electrons. The quantitative estimate of drug-likeness (QED) is 0.321. The fraction of sp³-hybridized carbons (Fsp3) is 0.217. The van der Waals surface area contributed by atoms with Gasteiger partial charge in [-0.3, -0.25) is 20.2 Å². The van der Waals surface area contributed by atoms with Crippen molar-refractivity contribution < 1.29 is 32.9 Å². The van der Waals surface area contributed by atoms with Crippen LogP contribution >= 0.6 is 0 Å². The molecular formula is C23H21F3N2O6. The largest absolute Gasteiger partial charge is 0.508 e. The van der Waals surface area contributed by atoms with Crippen LogP contribution in [-0.2, 0) is 6.18 Å². The van der Waals surface area contributed by atoms with Gasteiger partial charge in [-0.25, -0.2) is 0 Å². The zero-order valence-electron chi connectivity index (χ0n) is 18.6. The summed E-state index contributed by atoms with van der Waals surface area (Å²) in [4.78, 5) is 20.4. The molecule has 0 saturated heterocycles. The second kappa shape index (κ2) is 10.2. The number of hydrogen-bond acceptors (Lipinski definition) is 6. The van der Waals surface area contributed by atoms with Crippen molar-refractivity contribution in [2.45, 2.75) is 33.9 Å². The van der Waals surface area contributed by atoms with Crippen molar-refractivity contribution in [1.82, 2.24) is 0 Å². The SMILES string of the molecule is Cc1cc(O)cc(C)c1[N+](=O)[O-].Cc1cc(Oc2cccc(C(F)(F)F)c2)cc(C)c1[N+](=O)[O-]. The van der Waals surface area contributed by atoms with E-state index in [-0.39, 0.29) is 28.6 Å². The van der Waals surface area contributed by atoms with Crippen LogP contribution in [0.1, 0.15) is 27.8 Å². The summed E-state index contributed by atoms with van der Waals surface area (Å²) >= 11 is 0. The van der Waals surface area contributed by atoms with Crippen molar-refractivity contribution in [1.29, 1.82) is 0 Å². The van der Waals surface area contributed by atoms with E-state index >= 15 is 0 Å². The molecule has 0 aliphatic carbocycles. The van der Waals surface area contributed by atoms with E-state index in [0.29, 0.717) is 22.3 Å². The number of aromatic hydroxyl groups is 1. The average Bonchev–Trinajstić information content (AvgIpc) is 2.66. The van der Waals surface area contributed by atoms with Gasteiger partial charge in [-0.15, -0.1) is 0 Å². The standard InChI is InChI=1S/C15H12F3NO3.C8H9NO3/c1-9-6-13(7-10(2)14(9)19(20)21)22-12-5-3-4-11(8-12)15(16,17)18;1-5-3-7(10)4-6(2)8(5)9(11)12/h3-8H,1-2H3;3-4,10H,1-2H3. The first kappa shape index (κ1) is 26.1. The van der Waals surface area contributed by atoms with Gasteiger partial charge in [0.2, 0.25) is 0 Å². The topological polar surface area (TPSA) is 116 Å². The van der Waals surface area contributed by atoms with E-state index in [1.165, 1.54) is 36.4 Å². The molecule has 0 radical (unpaired) electrons. The van der Waals surface area contributed by atoms with E-state index in [1.807, 2.05) is 0 Å². The first-order chi connectivity index (χ1) is 15.7. The maximum Gasteiger partial charge on any atom is 0.416 e. The molecule has 3 aromatic rings. The lowest BCUT2D eigenvalue weighted by Crippen LogP contribution is -2.04. The van der Waals surface area contributed by atoms with Gasteiger partial charge in [-0.2, -0.15) is 13.2 Å². The molecule has 0 fully saturated rings. The number of nitrogens with zero attached hydrogens (tertiary/aromatic N) is 2. The number of phenolic OH excluding ortho intramolecular Hbond substituents is 1. The number of aryl methyl sites for hydroxylation is 4. The van der Waals surface area contributed by atoms with Gasteiger partial charge in [0.15, 0.2) is 0 Å². The Morgan fingerprint density at radius 3 is 1.62 bits per heavy atom. The molecule has 0 heterocycles. The second-order valence-electron chi connectivity index (χ2n) is 7.48. The lowest BCUT2D eigenvalue weighted by molar-refractivity contribution is -0.386. The highest BCUT2D eigenvalue weighted by Gasteiger charge is 2.30. The Balaban J connectivity index is 0.000000287. The Morgan fingerprint density at radius 2 is 1.21 bits per heavy atom. The normalized spacial score (nSPS) is 10.8. The van der Waals surface area contributed by atoms with Crippen LogP contribution < -0.4 is 4.74 Å². The van der Waals surface area contributed by atoms with Crippen molar-refractivity contribution in [3.63, 3.8) is 0 Å². The summed E-state index contributed by atoms with van der Waals surface area (Å²) in [7, 11) is 0. The predicted octanol–water partition coefficient (Wildman–Crippen LogP) is 6.94. The molecule has 3 rings (SSSR count). The van der Waals surface area contributed by atoms with Crippen LogP contribution in [0.25, 0.3) is 0 Å². The maximum atomic E-state index is 12.6. The van der Waals surface area contributed by atoms with E-state index in [0.717, 1.165) is 12.1 Å². The Morgan fingerprint density at radius 1 is 0.765 bits per heavy atom. The van der Waals surface area contributed by atoms with Crippen LogP contribution in [0, 0.1) is 47.9 Å². The third-order valence-corrected chi connectivity index (χ3v) is 4.70. The van der Waals surface area contributed by atoms with Crippen molar-refractivity contribution >= 4 is 11.4 Å². The van der Waals surface area contributed by atoms with Gasteiger partial charge < -0.3 is 9.84 Å². The molecule has 3 aromatic carbocycles. The summed E-state index contributed by atoms with van der Waals surface area (Å²) in [6, 6.07) is 10.1. The van der Waals surface area contributed by atoms with Gasteiger partial charge in [-0.05, 0) is 70.2 Å². The molecule has 0 aromatic heterocycles. The molecule has 1 N–H and O–H groups in total. The Hall–Kier alpha value is -4.15. The highest BCUT2D eigenvalue weighted by molar-refractivity contribution is 5.52. The number of alkyl halides is 3. The van der Waals surface area contributed by atoms with Gasteiger partial charge in [0, 0.05) is 22.3 Å². The minimum atomic E-state index is -4.46. The number of ether oxygens (including phenoxy) is 1. The van der Waals surface area contributed by atoms with Crippen LogP contribution in [-0.4, -0.2) is 15.0 Å². The number of halogens is 3. The monoisotopic (exact) mass is 478 g/mol. The van der Waals surface area contributed by atoms with Gasteiger partial charge in [0.1, 0.15) is 17.2 Å². The molecular weight excluding hydrogens is 457 g/mol. The van der Waals surface area contributed by atoms with Gasteiger partial charge >= 0.3 is 6.18 Å². The first-order valence-corrected chi connectivity index (χ1v) is 9.76. The molecule has 0 bridgehead atoms. The molecule has 0 amide bonds. The van der Waals surface area contributed by atoms with Crippen molar-refractivity contribution in [2.24, 2.45) is 0 Å². The smallest absolute Gasteiger partial charge is 0.416 e. The van der Waals surface area contributed by atoms with Crippen molar-refractivity contribution in [3.05, 3.63) is 96.6 Å². The molecule has 11 heteroatoms. The van der Waals surface area contributed by atoms with Crippen molar-refractivity contribution in [3.8, 4) is 17.2 Å². The fourth-order valence-electron chi connectivity index (χ4n) is 3.36. The third kappa shape index (κ3) is 6.44. The summed E-state index contributed by atoms with van der Waals surface area (Å²) in [6.07, 6.45) is -4.46. The van der Waals surface area contributed by atoms with E-state index in [2.05, 4.69) is 0 Å². The summed E-state index contributed by atoms with van der Waals surface area (Å²) in [5.41, 5.74) is 0.957. The molecule has 0 unspecified atom stereocenters. The number of rotatable bonds is 4. The van der Waals surface area contributed by atoms with E-state index in [9.17, 15) is 33.4 Å². The van der Waals surface area contributed by atoms with Gasteiger partial charge in [0.05, 0.1) is 15.4 Å². The average molecular weight is 478 g/mol. The Bertz CT molecular complexity index is 1200. The lowest BCUT2D eigenvalue weighted by atomic mass is 10.1. The molecule has 0 aliphatic rings. The fourth-order valence-corrected chi connectivity index (χ4v) is 3.36. The summed E-state index contributed by atoms with van der Waals surface area (Å²) < 4.78 is 43.3. The molecule has 0 spiro atoms. The van der Waals surface area contributed by atoms with Crippen LogP contribution in [0.15, 0.2) is 48.5 Å². The van der Waals surface area contributed by atoms with Gasteiger partial charge in [-0.1, -0.05) is 6.07 Å². The third-order valence-electron chi connectivity index (χ3n) is 4.70. The summed E-state index contributed by atoms with van der Waals surface area (Å²) in [5.74, 6) is 0.331. The zero-order valence-corrected chi connectivity index (χ0v) is 18.6. The lowest BCUT2D eigenvalue weighted by Gasteiger charge is -2.11. The number of nitro groups is 2. The van der Waals surface area contributed by atoms with Crippen LogP contribution in [0.2, 0.25) is 0 Å². The van der Waals surface area contributed by atoms with Crippen LogP contribution in [0.3, 0.4) is 0 Å². The second-order valence-corrected chi connectivity index (χ2v) is 7.48. The molecule has 0 saturated carbocycles. The molecule has 8 nitrogen and oxygen atoms in total. The number of phenols is 1. The van der Waals surface area contributed by atoms with E-state index < -0.39 is 21.6 Å². The molecule has 0 atom stereocenters. The van der Waals surface area contributed by atoms with E-state index in [1.54, 1.807) is 27.7 Å². The van der Waals surface area contributed by atoms with Crippen LogP contribution in [0.4, 0.5) is 24.5 Å². The summed E-state index contributed by atoms with van der Waals surface area (Å²) in [5, 5.41) is 30.5. The first-order valence-electron chi connectivity index (χ1n) is 9.76. The minimum absolute atomic E-state index is 0.0162. The van der Waals surface area contributed by atoms with Crippen LogP contribution in [0.5, 0.6) is 17.2 Å². The zero-order chi connectivity index (χ0) is 25.8. The Labute approximate surface area is 192 Å². The minimum Gasteiger partial charge on any atom is -0.508 e. The van der Waals surface area contributed by atoms with Crippen molar-refractivity contribution in [2.75, 3.05) is 0 Å². The van der Waals surface area contributed by atoms with Gasteiger partial charge in [0.25, 0.3) is 11.4 Å². The molecule has 34 heavy (non-hydrogen) atoms.